The molecule has 0 aliphatic heterocycles. The van der Waals surface area contributed by atoms with Gasteiger partial charge in [0.1, 0.15) is 11.3 Å². The van der Waals surface area contributed by atoms with Gasteiger partial charge in [-0.3, -0.25) is 14.9 Å². The van der Waals surface area contributed by atoms with Gasteiger partial charge in [0.15, 0.2) is 6.61 Å². The minimum absolute atomic E-state index is 0.0889. The number of para-hydroxylation sites is 1. The van der Waals surface area contributed by atoms with Crippen LogP contribution in [0.4, 0.5) is 5.69 Å². The number of amides is 1. The Morgan fingerprint density at radius 1 is 1.21 bits per heavy atom. The second-order valence-corrected chi connectivity index (χ2v) is 6.31. The van der Waals surface area contributed by atoms with E-state index in [2.05, 4.69) is 5.32 Å². The zero-order valence-corrected chi connectivity index (χ0v) is 15.3. The van der Waals surface area contributed by atoms with Crippen LogP contribution in [-0.2, 0) is 9.53 Å². The molecular weight excluding hydrogens is 364 g/mol. The zero-order chi connectivity index (χ0) is 20.3. The quantitative estimate of drug-likeness (QED) is 0.395. The van der Waals surface area contributed by atoms with Crippen molar-refractivity contribution in [1.82, 2.24) is 5.32 Å². The van der Waals surface area contributed by atoms with Gasteiger partial charge in [-0.15, -0.1) is 0 Å². The highest BCUT2D eigenvalue weighted by Gasteiger charge is 2.18. The normalized spacial score (nSPS) is 11.8. The maximum atomic E-state index is 12.1. The first-order chi connectivity index (χ1) is 13.3. The first-order valence-corrected chi connectivity index (χ1v) is 8.55. The molecule has 0 radical (unpaired) electrons. The highest BCUT2D eigenvalue weighted by molar-refractivity contribution is 5.92. The van der Waals surface area contributed by atoms with Crippen molar-refractivity contribution < 1.29 is 23.7 Å². The summed E-state index contributed by atoms with van der Waals surface area (Å²) in [7, 11) is 0. The molecule has 3 aromatic rings. The fourth-order valence-corrected chi connectivity index (χ4v) is 2.77. The van der Waals surface area contributed by atoms with Crippen molar-refractivity contribution in [2.75, 3.05) is 6.61 Å². The molecule has 1 aromatic heterocycles. The van der Waals surface area contributed by atoms with E-state index in [4.69, 9.17) is 9.15 Å². The van der Waals surface area contributed by atoms with E-state index >= 15 is 0 Å². The van der Waals surface area contributed by atoms with Crippen molar-refractivity contribution in [3.05, 3.63) is 75.5 Å². The van der Waals surface area contributed by atoms with Gasteiger partial charge in [-0.1, -0.05) is 18.2 Å². The molecule has 1 amide bonds. The van der Waals surface area contributed by atoms with Gasteiger partial charge < -0.3 is 14.5 Å². The first kappa shape index (κ1) is 19.1. The largest absolute Gasteiger partial charge is 0.459 e. The van der Waals surface area contributed by atoms with Crippen LogP contribution in [0.3, 0.4) is 0 Å². The molecule has 3 rings (SSSR count). The molecule has 1 atom stereocenters. The molecule has 1 N–H and O–H groups in total. The summed E-state index contributed by atoms with van der Waals surface area (Å²) in [6.45, 7) is 2.81. The molecule has 0 spiro atoms. The van der Waals surface area contributed by atoms with Gasteiger partial charge in [0.2, 0.25) is 0 Å². The molecule has 28 heavy (non-hydrogen) atoms. The third-order valence-electron chi connectivity index (χ3n) is 4.21. The molecule has 2 aromatic carbocycles. The number of hydrogen-bond donors (Lipinski definition) is 1. The molecule has 0 aliphatic rings. The Labute approximate surface area is 160 Å². The summed E-state index contributed by atoms with van der Waals surface area (Å²) in [5, 5.41) is 14.5. The number of furan rings is 1. The van der Waals surface area contributed by atoms with Gasteiger partial charge in [-0.05, 0) is 38.1 Å². The van der Waals surface area contributed by atoms with E-state index in [1.165, 1.54) is 25.1 Å². The summed E-state index contributed by atoms with van der Waals surface area (Å²) in [6.07, 6.45) is 0. The van der Waals surface area contributed by atoms with Crippen molar-refractivity contribution in [2.24, 2.45) is 0 Å². The number of esters is 1. The van der Waals surface area contributed by atoms with Gasteiger partial charge in [0.25, 0.3) is 11.6 Å². The van der Waals surface area contributed by atoms with Crippen LogP contribution < -0.4 is 5.32 Å². The fourth-order valence-electron chi connectivity index (χ4n) is 2.77. The average Bonchev–Trinajstić information content (AvgIpc) is 3.10. The van der Waals surface area contributed by atoms with Crippen molar-refractivity contribution in [3.8, 4) is 0 Å². The van der Waals surface area contributed by atoms with Gasteiger partial charge in [-0.2, -0.15) is 0 Å². The summed E-state index contributed by atoms with van der Waals surface area (Å²) in [4.78, 5) is 34.4. The molecule has 0 saturated carbocycles. The standard InChI is InChI=1S/C20H18N2O6/c1-12-9-15(7-8-16(12)22(25)26)20(24)27-11-19(23)21-13(2)18-10-14-5-3-4-6-17(14)28-18/h3-10,13H,11H2,1-2H3,(H,21,23)/t13-/m1/s1. The minimum atomic E-state index is -0.732. The maximum Gasteiger partial charge on any atom is 0.338 e. The summed E-state index contributed by atoms with van der Waals surface area (Å²) >= 11 is 0. The topological polar surface area (TPSA) is 112 Å². The third kappa shape index (κ3) is 4.17. The lowest BCUT2D eigenvalue weighted by Crippen LogP contribution is -2.31. The van der Waals surface area contributed by atoms with Crippen LogP contribution in [0.2, 0.25) is 0 Å². The smallest absolute Gasteiger partial charge is 0.338 e. The number of carbonyl (C=O) groups is 2. The number of ether oxygens (including phenoxy) is 1. The van der Waals surface area contributed by atoms with Crippen LogP contribution in [0.25, 0.3) is 11.0 Å². The number of fused-ring (bicyclic) bond motifs is 1. The number of benzene rings is 2. The van der Waals surface area contributed by atoms with E-state index < -0.39 is 29.4 Å². The van der Waals surface area contributed by atoms with Crippen LogP contribution in [0, 0.1) is 17.0 Å². The lowest BCUT2D eigenvalue weighted by molar-refractivity contribution is -0.385. The van der Waals surface area contributed by atoms with Crippen LogP contribution in [0.1, 0.15) is 34.6 Å². The average molecular weight is 382 g/mol. The number of carbonyl (C=O) groups excluding carboxylic acids is 2. The molecule has 0 unspecified atom stereocenters. The predicted octanol–water partition coefficient (Wildman–Crippen LogP) is 3.68. The molecule has 0 bridgehead atoms. The van der Waals surface area contributed by atoms with Gasteiger partial charge in [0, 0.05) is 17.0 Å². The molecule has 144 valence electrons. The lowest BCUT2D eigenvalue weighted by atomic mass is 10.1. The van der Waals surface area contributed by atoms with E-state index in [-0.39, 0.29) is 11.3 Å². The Bertz CT molecular complexity index is 1020. The molecule has 0 aliphatic carbocycles. The second kappa shape index (κ2) is 7.91. The van der Waals surface area contributed by atoms with Gasteiger partial charge in [-0.25, -0.2) is 4.79 Å². The molecule has 8 heteroatoms. The maximum absolute atomic E-state index is 12.1. The predicted molar refractivity (Wildman–Crippen MR) is 101 cm³/mol. The number of nitro groups is 1. The number of aryl methyl sites for hydroxylation is 1. The van der Waals surface area contributed by atoms with Crippen LogP contribution in [0.5, 0.6) is 0 Å². The van der Waals surface area contributed by atoms with Gasteiger partial charge in [0.05, 0.1) is 16.5 Å². The Kier molecular flexibility index (Phi) is 5.39. The Balaban J connectivity index is 1.56. The van der Waals surface area contributed by atoms with Crippen LogP contribution in [0.15, 0.2) is 52.9 Å². The molecular formula is C20H18N2O6. The van der Waals surface area contributed by atoms with Crippen molar-refractivity contribution in [2.45, 2.75) is 19.9 Å². The van der Waals surface area contributed by atoms with E-state index in [0.29, 0.717) is 11.3 Å². The summed E-state index contributed by atoms with van der Waals surface area (Å²) in [5.74, 6) is -0.628. The van der Waals surface area contributed by atoms with E-state index in [1.807, 2.05) is 30.3 Å². The first-order valence-electron chi connectivity index (χ1n) is 8.55. The summed E-state index contributed by atoms with van der Waals surface area (Å²) in [6, 6.07) is 12.8. The van der Waals surface area contributed by atoms with Crippen LogP contribution in [-0.4, -0.2) is 23.4 Å². The monoisotopic (exact) mass is 382 g/mol. The Morgan fingerprint density at radius 3 is 2.64 bits per heavy atom. The lowest BCUT2D eigenvalue weighted by Gasteiger charge is -2.11. The van der Waals surface area contributed by atoms with Gasteiger partial charge >= 0.3 is 5.97 Å². The number of nitrogens with zero attached hydrogens (tertiary/aromatic N) is 1. The molecule has 8 nitrogen and oxygen atoms in total. The molecule has 0 fully saturated rings. The summed E-state index contributed by atoms with van der Waals surface area (Å²) in [5.41, 5.74) is 1.11. The SMILES string of the molecule is Cc1cc(C(=O)OCC(=O)N[C@H](C)c2cc3ccccc3o2)ccc1[N+](=O)[O-]. The van der Waals surface area contributed by atoms with E-state index in [0.717, 1.165) is 11.0 Å². The van der Waals surface area contributed by atoms with E-state index in [1.54, 1.807) is 6.92 Å². The number of nitrogens with one attached hydrogen (secondary N) is 1. The number of hydrogen-bond acceptors (Lipinski definition) is 6. The zero-order valence-electron chi connectivity index (χ0n) is 15.3. The molecule has 0 saturated heterocycles. The Hall–Kier alpha value is -3.68. The fraction of sp³-hybridized carbons (Fsp3) is 0.200. The van der Waals surface area contributed by atoms with Crippen molar-refractivity contribution in [3.63, 3.8) is 0 Å². The number of nitro benzene ring substituents is 1. The molecule has 1 heterocycles. The highest BCUT2D eigenvalue weighted by Crippen LogP contribution is 2.23. The van der Waals surface area contributed by atoms with E-state index in [9.17, 15) is 19.7 Å². The summed E-state index contributed by atoms with van der Waals surface area (Å²) < 4.78 is 10.7. The Morgan fingerprint density at radius 2 is 1.96 bits per heavy atom. The highest BCUT2D eigenvalue weighted by atomic mass is 16.6. The van der Waals surface area contributed by atoms with Crippen molar-refractivity contribution >= 4 is 28.5 Å². The number of rotatable bonds is 6. The minimum Gasteiger partial charge on any atom is -0.459 e. The second-order valence-electron chi connectivity index (χ2n) is 6.31. The van der Waals surface area contributed by atoms with Crippen LogP contribution >= 0.6 is 0 Å². The third-order valence-corrected chi connectivity index (χ3v) is 4.21. The van der Waals surface area contributed by atoms with Crippen molar-refractivity contribution in [1.29, 1.82) is 0 Å².